The topological polar surface area (TPSA) is 38.0 Å². The van der Waals surface area contributed by atoms with E-state index in [1.807, 2.05) is 12.1 Å². The van der Waals surface area contributed by atoms with Crippen LogP contribution in [-0.2, 0) is 6.42 Å². The number of hydrogen-bond acceptors (Lipinski definition) is 2. The van der Waals surface area contributed by atoms with Gasteiger partial charge in [-0.15, -0.1) is 0 Å². The zero-order chi connectivity index (χ0) is 14.8. The Bertz CT molecular complexity index is 642. The van der Waals surface area contributed by atoms with Gasteiger partial charge in [-0.05, 0) is 48.2 Å². The van der Waals surface area contributed by atoms with Crippen molar-refractivity contribution in [2.75, 3.05) is 6.54 Å². The summed E-state index contributed by atoms with van der Waals surface area (Å²) < 4.78 is 0. The highest BCUT2D eigenvalue weighted by Gasteiger charge is 2.27. The molecule has 1 aliphatic rings. The number of nitrogens with one attached hydrogen (secondary N) is 1. The molecule has 0 aliphatic heterocycles. The minimum atomic E-state index is 0.137. The lowest BCUT2D eigenvalue weighted by Gasteiger charge is -2.14. The second-order valence-electron chi connectivity index (χ2n) is 5.46. The average molecular weight is 321 g/mol. The van der Waals surface area contributed by atoms with Crippen LogP contribution in [0.15, 0.2) is 42.5 Å². The fourth-order valence-corrected chi connectivity index (χ4v) is 3.48. The predicted octanol–water partition coefficient (Wildman–Crippen LogP) is 4.27. The third-order valence-corrected chi connectivity index (χ3v) is 4.65. The van der Waals surface area contributed by atoms with Gasteiger partial charge < -0.3 is 11.1 Å². The summed E-state index contributed by atoms with van der Waals surface area (Å²) in [5.41, 5.74) is 9.89. The fraction of sp³-hybridized carbons (Fsp3) is 0.294. The number of hydrogen-bond donors (Lipinski definition) is 2. The van der Waals surface area contributed by atoms with Gasteiger partial charge in [-0.2, -0.15) is 0 Å². The number of nitrogens with two attached hydrogens (primary N) is 1. The first-order valence-corrected chi connectivity index (χ1v) is 7.92. The van der Waals surface area contributed by atoms with Crippen LogP contribution < -0.4 is 11.1 Å². The number of benzene rings is 2. The van der Waals surface area contributed by atoms with E-state index in [-0.39, 0.29) is 6.04 Å². The van der Waals surface area contributed by atoms with Gasteiger partial charge in [0, 0.05) is 22.1 Å². The molecule has 4 heteroatoms. The SMILES string of the molecule is NC1CC(NCCc2ccc(Cl)cc2Cl)c2ccccc21. The van der Waals surface area contributed by atoms with Crippen molar-refractivity contribution in [1.29, 1.82) is 0 Å². The second-order valence-corrected chi connectivity index (χ2v) is 6.31. The Balaban J connectivity index is 1.62. The Morgan fingerprint density at radius 3 is 2.62 bits per heavy atom. The van der Waals surface area contributed by atoms with Crippen molar-refractivity contribution < 1.29 is 0 Å². The summed E-state index contributed by atoms with van der Waals surface area (Å²) in [6, 6.07) is 14.5. The average Bonchev–Trinajstić information content (AvgIpc) is 2.79. The van der Waals surface area contributed by atoms with E-state index >= 15 is 0 Å². The first-order valence-electron chi connectivity index (χ1n) is 7.17. The molecule has 2 aromatic carbocycles. The Morgan fingerprint density at radius 2 is 1.86 bits per heavy atom. The molecule has 0 bridgehead atoms. The molecule has 0 fully saturated rings. The van der Waals surface area contributed by atoms with E-state index in [2.05, 4.69) is 29.6 Å². The van der Waals surface area contributed by atoms with Crippen molar-refractivity contribution >= 4 is 23.2 Å². The zero-order valence-corrected chi connectivity index (χ0v) is 13.2. The highest BCUT2D eigenvalue weighted by molar-refractivity contribution is 6.35. The molecule has 2 aromatic rings. The standard InChI is InChI=1S/C17H18Cl2N2/c18-12-6-5-11(15(19)9-12)7-8-21-17-10-16(20)13-3-1-2-4-14(13)17/h1-6,9,16-17,21H,7-8,10,20H2. The van der Waals surface area contributed by atoms with Crippen molar-refractivity contribution in [3.63, 3.8) is 0 Å². The van der Waals surface area contributed by atoms with Crippen molar-refractivity contribution in [3.8, 4) is 0 Å². The summed E-state index contributed by atoms with van der Waals surface area (Å²) in [5.74, 6) is 0. The molecule has 0 amide bonds. The molecule has 3 rings (SSSR count). The molecular formula is C17H18Cl2N2. The zero-order valence-electron chi connectivity index (χ0n) is 11.7. The van der Waals surface area contributed by atoms with Crippen LogP contribution in [-0.4, -0.2) is 6.54 Å². The maximum absolute atomic E-state index is 6.20. The molecule has 2 unspecified atom stereocenters. The number of halogens is 2. The summed E-state index contributed by atoms with van der Waals surface area (Å²) in [7, 11) is 0. The quantitative estimate of drug-likeness (QED) is 0.882. The van der Waals surface area contributed by atoms with E-state index in [0.29, 0.717) is 11.1 Å². The van der Waals surface area contributed by atoms with E-state index in [9.17, 15) is 0 Å². The molecular weight excluding hydrogens is 303 g/mol. The van der Waals surface area contributed by atoms with Crippen LogP contribution in [0.4, 0.5) is 0 Å². The summed E-state index contributed by atoms with van der Waals surface area (Å²) in [6.07, 6.45) is 1.83. The molecule has 2 nitrogen and oxygen atoms in total. The van der Waals surface area contributed by atoms with Gasteiger partial charge in [0.05, 0.1) is 0 Å². The van der Waals surface area contributed by atoms with Crippen LogP contribution in [0.1, 0.15) is 35.2 Å². The van der Waals surface area contributed by atoms with Crippen molar-refractivity contribution in [3.05, 3.63) is 69.2 Å². The van der Waals surface area contributed by atoms with E-state index in [1.165, 1.54) is 11.1 Å². The van der Waals surface area contributed by atoms with E-state index < -0.39 is 0 Å². The van der Waals surface area contributed by atoms with Crippen molar-refractivity contribution in [1.82, 2.24) is 5.32 Å². The minimum Gasteiger partial charge on any atom is -0.324 e. The van der Waals surface area contributed by atoms with Gasteiger partial charge in [-0.3, -0.25) is 0 Å². The lowest BCUT2D eigenvalue weighted by molar-refractivity contribution is 0.502. The smallest absolute Gasteiger partial charge is 0.0453 e. The Morgan fingerprint density at radius 1 is 1.10 bits per heavy atom. The van der Waals surface area contributed by atoms with E-state index in [0.717, 1.165) is 30.0 Å². The van der Waals surface area contributed by atoms with Crippen LogP contribution >= 0.6 is 23.2 Å². The highest BCUT2D eigenvalue weighted by atomic mass is 35.5. The van der Waals surface area contributed by atoms with Crippen LogP contribution in [0, 0.1) is 0 Å². The van der Waals surface area contributed by atoms with Gasteiger partial charge in [0.25, 0.3) is 0 Å². The van der Waals surface area contributed by atoms with Gasteiger partial charge in [0.15, 0.2) is 0 Å². The molecule has 2 atom stereocenters. The minimum absolute atomic E-state index is 0.137. The van der Waals surface area contributed by atoms with Crippen LogP contribution in [0.3, 0.4) is 0 Å². The first kappa shape index (κ1) is 14.9. The van der Waals surface area contributed by atoms with Crippen molar-refractivity contribution in [2.24, 2.45) is 5.73 Å². The monoisotopic (exact) mass is 320 g/mol. The highest BCUT2D eigenvalue weighted by Crippen LogP contribution is 2.36. The van der Waals surface area contributed by atoms with E-state index in [4.69, 9.17) is 28.9 Å². The first-order chi connectivity index (χ1) is 10.1. The normalized spacial score (nSPS) is 20.5. The predicted molar refractivity (Wildman–Crippen MR) is 88.9 cm³/mol. The molecule has 1 aliphatic carbocycles. The third-order valence-electron chi connectivity index (χ3n) is 4.06. The van der Waals surface area contributed by atoms with E-state index in [1.54, 1.807) is 6.07 Å². The summed E-state index contributed by atoms with van der Waals surface area (Å²) in [5, 5.41) is 4.99. The van der Waals surface area contributed by atoms with Crippen LogP contribution in [0.2, 0.25) is 10.0 Å². The van der Waals surface area contributed by atoms with Gasteiger partial charge >= 0.3 is 0 Å². The Hall–Kier alpha value is -1.06. The maximum Gasteiger partial charge on any atom is 0.0453 e. The molecule has 0 heterocycles. The van der Waals surface area contributed by atoms with Gasteiger partial charge in [0.1, 0.15) is 0 Å². The fourth-order valence-electron chi connectivity index (χ4n) is 2.97. The summed E-state index contributed by atoms with van der Waals surface area (Å²) in [4.78, 5) is 0. The molecule has 21 heavy (non-hydrogen) atoms. The Kier molecular flexibility index (Phi) is 4.51. The largest absolute Gasteiger partial charge is 0.324 e. The molecule has 110 valence electrons. The third kappa shape index (κ3) is 3.24. The lowest BCUT2D eigenvalue weighted by Crippen LogP contribution is -2.22. The summed E-state index contributed by atoms with van der Waals surface area (Å²) >= 11 is 12.1. The maximum atomic E-state index is 6.20. The molecule has 0 radical (unpaired) electrons. The lowest BCUT2D eigenvalue weighted by atomic mass is 10.1. The van der Waals surface area contributed by atoms with Gasteiger partial charge in [-0.1, -0.05) is 53.5 Å². The van der Waals surface area contributed by atoms with Gasteiger partial charge in [-0.25, -0.2) is 0 Å². The van der Waals surface area contributed by atoms with Crippen LogP contribution in [0.25, 0.3) is 0 Å². The molecule has 0 spiro atoms. The molecule has 0 aromatic heterocycles. The Labute approximate surface area is 135 Å². The number of fused-ring (bicyclic) bond motifs is 1. The molecule has 3 N–H and O–H groups in total. The molecule has 0 saturated heterocycles. The molecule has 0 saturated carbocycles. The van der Waals surface area contributed by atoms with Crippen molar-refractivity contribution in [2.45, 2.75) is 24.9 Å². The van der Waals surface area contributed by atoms with Crippen LogP contribution in [0.5, 0.6) is 0 Å². The summed E-state index contributed by atoms with van der Waals surface area (Å²) in [6.45, 7) is 0.868. The van der Waals surface area contributed by atoms with Gasteiger partial charge in [0.2, 0.25) is 0 Å². The number of rotatable bonds is 4. The second kappa shape index (κ2) is 6.37.